The fraction of sp³-hybridized carbons (Fsp3) is 0.0714. The first-order valence-corrected chi connectivity index (χ1v) is 5.92. The van der Waals surface area contributed by atoms with Crippen molar-refractivity contribution in [2.24, 2.45) is 0 Å². The number of hydrogen-bond acceptors (Lipinski definition) is 5. The Bertz CT molecular complexity index is 704. The first-order chi connectivity index (χ1) is 10.0. The van der Waals surface area contributed by atoms with Crippen LogP contribution in [0.5, 0.6) is 0 Å². The molecule has 21 heavy (non-hydrogen) atoms. The monoisotopic (exact) mass is 289 g/mol. The molecular formula is C14H12FN3O3. The van der Waals surface area contributed by atoms with E-state index in [0.29, 0.717) is 0 Å². The van der Waals surface area contributed by atoms with E-state index in [2.05, 4.69) is 15.0 Å². The minimum Gasteiger partial charge on any atom is -0.465 e. The molecule has 2 aromatic rings. The number of anilines is 2. The third-order valence-electron chi connectivity index (χ3n) is 2.68. The van der Waals surface area contributed by atoms with Crippen molar-refractivity contribution in [3.8, 4) is 0 Å². The summed E-state index contributed by atoms with van der Waals surface area (Å²) in [7, 11) is 1.14. The number of nitrogen functional groups attached to an aromatic ring is 1. The van der Waals surface area contributed by atoms with Crippen LogP contribution in [0.25, 0.3) is 0 Å². The minimum atomic E-state index is -0.832. The molecule has 0 spiro atoms. The molecule has 0 aliphatic rings. The molecule has 6 nitrogen and oxygen atoms in total. The smallest absolute Gasteiger partial charge is 0.340 e. The number of hydrogen-bond donors (Lipinski definition) is 2. The van der Waals surface area contributed by atoms with Gasteiger partial charge in [-0.2, -0.15) is 0 Å². The fourth-order valence-electron chi connectivity index (χ4n) is 1.67. The van der Waals surface area contributed by atoms with E-state index in [4.69, 9.17) is 5.73 Å². The van der Waals surface area contributed by atoms with Crippen molar-refractivity contribution in [1.29, 1.82) is 0 Å². The number of nitrogens with two attached hydrogens (primary N) is 1. The molecule has 0 fully saturated rings. The van der Waals surface area contributed by atoms with Crippen LogP contribution in [0.1, 0.15) is 20.8 Å². The number of pyridine rings is 1. The van der Waals surface area contributed by atoms with E-state index in [1.165, 1.54) is 24.4 Å². The van der Waals surface area contributed by atoms with Gasteiger partial charge in [-0.3, -0.25) is 4.79 Å². The largest absolute Gasteiger partial charge is 0.465 e. The summed E-state index contributed by atoms with van der Waals surface area (Å²) < 4.78 is 17.9. The summed E-state index contributed by atoms with van der Waals surface area (Å²) >= 11 is 0. The number of benzene rings is 1. The van der Waals surface area contributed by atoms with Crippen LogP contribution in [-0.2, 0) is 4.74 Å². The van der Waals surface area contributed by atoms with Gasteiger partial charge >= 0.3 is 5.97 Å². The van der Waals surface area contributed by atoms with Gasteiger partial charge in [-0.25, -0.2) is 14.2 Å². The second kappa shape index (κ2) is 6.00. The summed E-state index contributed by atoms with van der Waals surface area (Å²) in [5, 5.41) is 2.49. The second-order valence-corrected chi connectivity index (χ2v) is 4.08. The molecule has 7 heteroatoms. The number of aromatic nitrogens is 1. The molecule has 0 radical (unpaired) electrons. The van der Waals surface area contributed by atoms with E-state index in [9.17, 15) is 14.0 Å². The number of esters is 1. The molecule has 1 heterocycles. The Kier molecular flexibility index (Phi) is 4.13. The van der Waals surface area contributed by atoms with Gasteiger partial charge in [0, 0.05) is 11.9 Å². The Morgan fingerprint density at radius 1 is 1.33 bits per heavy atom. The normalized spacial score (nSPS) is 10.0. The predicted octanol–water partition coefficient (Wildman–Crippen LogP) is 1.84. The van der Waals surface area contributed by atoms with Gasteiger partial charge in [0.2, 0.25) is 0 Å². The van der Waals surface area contributed by atoms with Crippen LogP contribution >= 0.6 is 0 Å². The van der Waals surface area contributed by atoms with Crippen LogP contribution in [0.4, 0.5) is 15.8 Å². The number of rotatable bonds is 3. The molecule has 2 rings (SSSR count). The lowest BCUT2D eigenvalue weighted by Gasteiger charge is -2.08. The lowest BCUT2D eigenvalue weighted by Crippen LogP contribution is -2.16. The SMILES string of the molecule is COC(=O)c1cc(NC(=O)c2ncccc2N)ccc1F. The molecule has 0 unspecified atom stereocenters. The van der Waals surface area contributed by atoms with Crippen LogP contribution in [0.2, 0.25) is 0 Å². The van der Waals surface area contributed by atoms with Gasteiger partial charge in [-0.05, 0) is 30.3 Å². The first kappa shape index (κ1) is 14.4. The Morgan fingerprint density at radius 2 is 2.10 bits per heavy atom. The fourth-order valence-corrected chi connectivity index (χ4v) is 1.67. The Morgan fingerprint density at radius 3 is 2.76 bits per heavy atom. The van der Waals surface area contributed by atoms with Gasteiger partial charge in [0.05, 0.1) is 18.4 Å². The molecule has 108 valence electrons. The number of ether oxygens (including phenoxy) is 1. The van der Waals surface area contributed by atoms with Crippen molar-refractivity contribution in [2.75, 3.05) is 18.2 Å². The molecule has 0 aliphatic carbocycles. The number of nitrogens with zero attached hydrogens (tertiary/aromatic N) is 1. The van der Waals surface area contributed by atoms with Gasteiger partial charge in [0.15, 0.2) is 5.69 Å². The van der Waals surface area contributed by atoms with Gasteiger partial charge in [-0.1, -0.05) is 0 Å². The summed E-state index contributed by atoms with van der Waals surface area (Å²) in [5.74, 6) is -2.13. The Labute approximate surface area is 119 Å². The zero-order valence-electron chi connectivity index (χ0n) is 11.1. The maximum Gasteiger partial charge on any atom is 0.340 e. The number of halogens is 1. The second-order valence-electron chi connectivity index (χ2n) is 4.08. The minimum absolute atomic E-state index is 0.0430. The topological polar surface area (TPSA) is 94.3 Å². The van der Waals surface area contributed by atoms with Crippen molar-refractivity contribution in [3.63, 3.8) is 0 Å². The highest BCUT2D eigenvalue weighted by Gasteiger charge is 2.15. The highest BCUT2D eigenvalue weighted by atomic mass is 19.1. The van der Waals surface area contributed by atoms with Gasteiger partial charge in [0.25, 0.3) is 5.91 Å². The number of carbonyl (C=O) groups excluding carboxylic acids is 2. The van der Waals surface area contributed by atoms with Crippen LogP contribution in [0, 0.1) is 5.82 Å². The zero-order valence-corrected chi connectivity index (χ0v) is 11.1. The number of methoxy groups -OCH3 is 1. The first-order valence-electron chi connectivity index (χ1n) is 5.92. The summed E-state index contributed by atoms with van der Waals surface area (Å²) in [5.41, 5.74) is 5.85. The summed E-state index contributed by atoms with van der Waals surface area (Å²) in [4.78, 5) is 27.3. The molecule has 0 atom stereocenters. The number of amides is 1. The van der Waals surface area contributed by atoms with Crippen molar-refractivity contribution in [1.82, 2.24) is 4.98 Å². The van der Waals surface area contributed by atoms with Gasteiger partial charge < -0.3 is 15.8 Å². The van der Waals surface area contributed by atoms with E-state index >= 15 is 0 Å². The van der Waals surface area contributed by atoms with Gasteiger partial charge in [-0.15, -0.1) is 0 Å². The average Bonchev–Trinajstić information content (AvgIpc) is 2.48. The molecule has 0 saturated heterocycles. The molecule has 1 aromatic carbocycles. The summed E-state index contributed by atoms with van der Waals surface area (Å²) in [6, 6.07) is 6.69. The highest BCUT2D eigenvalue weighted by Crippen LogP contribution is 2.17. The third kappa shape index (κ3) is 3.14. The van der Waals surface area contributed by atoms with Crippen LogP contribution in [0.15, 0.2) is 36.5 Å². The van der Waals surface area contributed by atoms with Gasteiger partial charge in [0.1, 0.15) is 5.82 Å². The highest BCUT2D eigenvalue weighted by molar-refractivity contribution is 6.06. The molecule has 1 aromatic heterocycles. The molecule has 0 saturated carbocycles. The Hall–Kier alpha value is -2.96. The van der Waals surface area contributed by atoms with Crippen molar-refractivity contribution in [3.05, 3.63) is 53.6 Å². The number of carbonyl (C=O) groups is 2. The van der Waals surface area contributed by atoms with Crippen molar-refractivity contribution >= 4 is 23.3 Å². The lowest BCUT2D eigenvalue weighted by atomic mass is 10.2. The zero-order chi connectivity index (χ0) is 15.4. The quantitative estimate of drug-likeness (QED) is 0.841. The molecule has 0 aliphatic heterocycles. The van der Waals surface area contributed by atoms with Crippen LogP contribution in [0.3, 0.4) is 0 Å². The third-order valence-corrected chi connectivity index (χ3v) is 2.68. The maximum atomic E-state index is 13.5. The van der Waals surface area contributed by atoms with Crippen molar-refractivity contribution < 1.29 is 18.7 Å². The Balaban J connectivity index is 2.26. The lowest BCUT2D eigenvalue weighted by molar-refractivity contribution is 0.0595. The number of nitrogens with one attached hydrogen (secondary N) is 1. The van der Waals surface area contributed by atoms with Crippen LogP contribution in [-0.4, -0.2) is 24.0 Å². The van der Waals surface area contributed by atoms with E-state index in [1.807, 2.05) is 0 Å². The van der Waals surface area contributed by atoms with Crippen LogP contribution < -0.4 is 11.1 Å². The molecule has 0 bridgehead atoms. The van der Waals surface area contributed by atoms with E-state index < -0.39 is 17.7 Å². The summed E-state index contributed by atoms with van der Waals surface area (Å²) in [6.07, 6.45) is 1.43. The molecule has 3 N–H and O–H groups in total. The predicted molar refractivity (Wildman–Crippen MR) is 74.3 cm³/mol. The standard InChI is InChI=1S/C14H12FN3O3/c1-21-14(20)9-7-8(4-5-10(9)15)18-13(19)12-11(16)3-2-6-17-12/h2-7H,16H2,1H3,(H,18,19). The summed E-state index contributed by atoms with van der Waals surface area (Å²) in [6.45, 7) is 0. The molecular weight excluding hydrogens is 277 g/mol. The average molecular weight is 289 g/mol. The van der Waals surface area contributed by atoms with E-state index in [0.717, 1.165) is 13.2 Å². The van der Waals surface area contributed by atoms with Crippen molar-refractivity contribution in [2.45, 2.75) is 0 Å². The maximum absolute atomic E-state index is 13.5. The van der Waals surface area contributed by atoms with E-state index in [-0.39, 0.29) is 22.6 Å². The molecule has 1 amide bonds. The van der Waals surface area contributed by atoms with E-state index in [1.54, 1.807) is 6.07 Å².